The number of benzene rings is 1. The zero-order valence-electron chi connectivity index (χ0n) is 10.2. The molecule has 0 bridgehead atoms. The maximum Gasteiger partial charge on any atom is 0.0593 e. The average Bonchev–Trinajstić information content (AvgIpc) is 2.46. The smallest absolute Gasteiger partial charge is 0.0593 e. The maximum absolute atomic E-state index is 5.60. The third-order valence-electron chi connectivity index (χ3n) is 3.53. The van der Waals surface area contributed by atoms with E-state index in [0.717, 1.165) is 26.3 Å². The van der Waals surface area contributed by atoms with Crippen molar-refractivity contribution < 1.29 is 4.74 Å². The molecule has 1 heterocycles. The van der Waals surface area contributed by atoms with E-state index in [0.29, 0.717) is 12.0 Å². The summed E-state index contributed by atoms with van der Waals surface area (Å²) >= 11 is 0. The minimum Gasteiger partial charge on any atom is -0.380 e. The van der Waals surface area contributed by atoms with Crippen LogP contribution < -0.4 is 0 Å². The highest BCUT2D eigenvalue weighted by molar-refractivity contribution is 5.14. The monoisotopic (exact) mass is 219 g/mol. The Hall–Kier alpha value is -0.860. The lowest BCUT2D eigenvalue weighted by molar-refractivity contribution is 0.124. The highest BCUT2D eigenvalue weighted by atomic mass is 16.5. The molecule has 0 saturated carbocycles. The van der Waals surface area contributed by atoms with Crippen molar-refractivity contribution in [3.63, 3.8) is 0 Å². The molecule has 88 valence electrons. The van der Waals surface area contributed by atoms with Gasteiger partial charge in [0, 0.05) is 19.1 Å². The minimum absolute atomic E-state index is 0.600. The lowest BCUT2D eigenvalue weighted by Crippen LogP contribution is -2.37. The van der Waals surface area contributed by atoms with Gasteiger partial charge in [-0.25, -0.2) is 0 Å². The Kier molecular flexibility index (Phi) is 3.97. The second-order valence-electron chi connectivity index (χ2n) is 4.75. The molecule has 1 aliphatic rings. The summed E-state index contributed by atoms with van der Waals surface area (Å²) < 4.78 is 5.60. The molecule has 0 amide bonds. The first-order chi connectivity index (χ1) is 7.77. The van der Waals surface area contributed by atoms with Crippen molar-refractivity contribution in [2.24, 2.45) is 5.92 Å². The van der Waals surface area contributed by atoms with Crippen molar-refractivity contribution >= 4 is 0 Å². The molecule has 1 aromatic rings. The number of nitrogens with zero attached hydrogens (tertiary/aromatic N) is 1. The van der Waals surface area contributed by atoms with E-state index in [-0.39, 0.29) is 0 Å². The van der Waals surface area contributed by atoms with Crippen LogP contribution in [0.3, 0.4) is 0 Å². The minimum atomic E-state index is 0.600. The zero-order chi connectivity index (χ0) is 11.4. The Bertz CT molecular complexity index is 312. The number of hydrogen-bond donors (Lipinski definition) is 0. The van der Waals surface area contributed by atoms with Crippen LogP contribution in [0.2, 0.25) is 0 Å². The molecule has 0 aliphatic carbocycles. The molecule has 2 atom stereocenters. The summed E-state index contributed by atoms with van der Waals surface area (Å²) in [6.07, 6.45) is 0. The summed E-state index contributed by atoms with van der Waals surface area (Å²) in [5.74, 6) is 0.617. The molecule has 1 aliphatic heterocycles. The first-order valence-electron chi connectivity index (χ1n) is 6.13. The van der Waals surface area contributed by atoms with Gasteiger partial charge in [0.05, 0.1) is 13.2 Å². The molecule has 16 heavy (non-hydrogen) atoms. The van der Waals surface area contributed by atoms with E-state index >= 15 is 0 Å². The van der Waals surface area contributed by atoms with Crippen LogP contribution in [0, 0.1) is 5.92 Å². The molecule has 0 N–H and O–H groups in total. The first-order valence-corrected chi connectivity index (χ1v) is 6.13. The van der Waals surface area contributed by atoms with Crippen LogP contribution >= 0.6 is 0 Å². The summed E-state index contributed by atoms with van der Waals surface area (Å²) in [6, 6.07) is 11.3. The fraction of sp³-hybridized carbons (Fsp3) is 0.571. The Labute approximate surface area is 98.2 Å². The van der Waals surface area contributed by atoms with Gasteiger partial charge in [0.2, 0.25) is 0 Å². The molecule has 0 spiro atoms. The van der Waals surface area contributed by atoms with Gasteiger partial charge < -0.3 is 4.74 Å². The van der Waals surface area contributed by atoms with Gasteiger partial charge in [-0.15, -0.1) is 0 Å². The molecular weight excluding hydrogens is 198 g/mol. The molecule has 1 fully saturated rings. The summed E-state index contributed by atoms with van der Waals surface area (Å²) in [6.45, 7) is 8.42. The molecule has 0 radical (unpaired) electrons. The Morgan fingerprint density at radius 1 is 1.25 bits per heavy atom. The quantitative estimate of drug-likeness (QED) is 0.758. The Balaban J connectivity index is 2.02. The molecule has 2 nitrogen and oxygen atoms in total. The van der Waals surface area contributed by atoms with Crippen molar-refractivity contribution in [2.45, 2.75) is 26.4 Å². The molecular formula is C14H21NO. The number of hydrogen-bond acceptors (Lipinski definition) is 2. The molecule has 1 aromatic carbocycles. The van der Waals surface area contributed by atoms with E-state index < -0.39 is 0 Å². The Morgan fingerprint density at radius 3 is 2.75 bits per heavy atom. The topological polar surface area (TPSA) is 12.5 Å². The summed E-state index contributed by atoms with van der Waals surface area (Å²) in [5.41, 5.74) is 1.39. The van der Waals surface area contributed by atoms with Crippen molar-refractivity contribution in [1.29, 1.82) is 0 Å². The van der Waals surface area contributed by atoms with Crippen LogP contribution in [0.5, 0.6) is 0 Å². The fourth-order valence-electron chi connectivity index (χ4n) is 2.19. The third kappa shape index (κ3) is 2.83. The van der Waals surface area contributed by atoms with E-state index in [1.807, 2.05) is 0 Å². The second-order valence-corrected chi connectivity index (χ2v) is 4.75. The molecule has 2 unspecified atom stereocenters. The van der Waals surface area contributed by atoms with Crippen LogP contribution in [0.4, 0.5) is 0 Å². The van der Waals surface area contributed by atoms with E-state index in [1.54, 1.807) is 0 Å². The van der Waals surface area contributed by atoms with Gasteiger partial charge >= 0.3 is 0 Å². The summed E-state index contributed by atoms with van der Waals surface area (Å²) in [7, 11) is 0. The molecule has 0 aromatic heterocycles. The normalized spacial score (nSPS) is 27.6. The van der Waals surface area contributed by atoms with Gasteiger partial charge in [-0.05, 0) is 18.4 Å². The average molecular weight is 219 g/mol. The fourth-order valence-corrected chi connectivity index (χ4v) is 2.19. The predicted molar refractivity (Wildman–Crippen MR) is 66.3 cm³/mol. The van der Waals surface area contributed by atoms with E-state index in [2.05, 4.69) is 49.1 Å². The lowest BCUT2D eigenvalue weighted by atomic mass is 10.0. The van der Waals surface area contributed by atoms with Crippen molar-refractivity contribution in [3.05, 3.63) is 35.9 Å². The molecule has 2 rings (SSSR count). The standard InChI is InChI=1S/C14H21NO/c1-12-11-16-9-8-15(13(12)2)10-14-6-4-3-5-7-14/h3-7,12-13H,8-11H2,1-2H3. The van der Waals surface area contributed by atoms with E-state index in [9.17, 15) is 0 Å². The largest absolute Gasteiger partial charge is 0.380 e. The van der Waals surface area contributed by atoms with Crippen molar-refractivity contribution in [3.8, 4) is 0 Å². The zero-order valence-corrected chi connectivity index (χ0v) is 10.2. The number of ether oxygens (including phenoxy) is 1. The predicted octanol–water partition coefficient (Wildman–Crippen LogP) is 2.54. The van der Waals surface area contributed by atoms with Gasteiger partial charge in [0.15, 0.2) is 0 Å². The molecule has 1 saturated heterocycles. The van der Waals surface area contributed by atoms with Gasteiger partial charge in [0.25, 0.3) is 0 Å². The van der Waals surface area contributed by atoms with Crippen LogP contribution in [0.25, 0.3) is 0 Å². The summed E-state index contributed by atoms with van der Waals surface area (Å²) in [4.78, 5) is 2.52. The van der Waals surface area contributed by atoms with Gasteiger partial charge in [-0.2, -0.15) is 0 Å². The van der Waals surface area contributed by atoms with Gasteiger partial charge in [-0.3, -0.25) is 4.90 Å². The van der Waals surface area contributed by atoms with Crippen LogP contribution in [0.1, 0.15) is 19.4 Å². The van der Waals surface area contributed by atoms with Crippen LogP contribution in [-0.2, 0) is 11.3 Å². The maximum atomic E-state index is 5.60. The highest BCUT2D eigenvalue weighted by Crippen LogP contribution is 2.17. The highest BCUT2D eigenvalue weighted by Gasteiger charge is 2.23. The van der Waals surface area contributed by atoms with E-state index in [4.69, 9.17) is 4.74 Å². The van der Waals surface area contributed by atoms with Crippen molar-refractivity contribution in [1.82, 2.24) is 4.90 Å². The van der Waals surface area contributed by atoms with Gasteiger partial charge in [-0.1, -0.05) is 37.3 Å². The van der Waals surface area contributed by atoms with Crippen LogP contribution in [-0.4, -0.2) is 30.7 Å². The number of rotatable bonds is 2. The van der Waals surface area contributed by atoms with E-state index in [1.165, 1.54) is 5.56 Å². The van der Waals surface area contributed by atoms with Gasteiger partial charge in [0.1, 0.15) is 0 Å². The summed E-state index contributed by atoms with van der Waals surface area (Å²) in [5, 5.41) is 0. The molecule has 2 heteroatoms. The second kappa shape index (κ2) is 5.46. The Morgan fingerprint density at radius 2 is 2.00 bits per heavy atom. The lowest BCUT2D eigenvalue weighted by Gasteiger charge is -2.29. The first kappa shape index (κ1) is 11.6. The third-order valence-corrected chi connectivity index (χ3v) is 3.53. The SMILES string of the molecule is CC1COCCN(Cc2ccccc2)C1C. The van der Waals surface area contributed by atoms with Crippen molar-refractivity contribution in [2.75, 3.05) is 19.8 Å². The van der Waals surface area contributed by atoms with Crippen LogP contribution in [0.15, 0.2) is 30.3 Å².